The number of aryl methyl sites for hydroxylation is 1. The van der Waals surface area contributed by atoms with Crippen molar-refractivity contribution in [2.75, 3.05) is 0 Å². The van der Waals surface area contributed by atoms with Crippen LogP contribution in [0.3, 0.4) is 0 Å². The molecule has 14 heavy (non-hydrogen) atoms. The lowest BCUT2D eigenvalue weighted by molar-refractivity contribution is 0.865. The lowest BCUT2D eigenvalue weighted by atomic mass is 10.2. The molecule has 1 aromatic carbocycles. The summed E-state index contributed by atoms with van der Waals surface area (Å²) >= 11 is 3.46. The molecule has 0 aliphatic carbocycles. The molecule has 72 valence electrons. The molecule has 0 fully saturated rings. The molecule has 2 aromatic rings. The summed E-state index contributed by atoms with van der Waals surface area (Å²) in [5.41, 5.74) is 2.33. The molecule has 2 rings (SSSR count). The van der Waals surface area contributed by atoms with E-state index in [1.165, 1.54) is 5.56 Å². The lowest BCUT2D eigenvalue weighted by Crippen LogP contribution is -1.93. The summed E-state index contributed by atoms with van der Waals surface area (Å²) < 4.78 is 3.18. The first kappa shape index (κ1) is 9.46. The van der Waals surface area contributed by atoms with Crippen molar-refractivity contribution < 1.29 is 0 Å². The monoisotopic (exact) mass is 250 g/mol. The van der Waals surface area contributed by atoms with Crippen molar-refractivity contribution >= 4 is 15.9 Å². The highest BCUT2D eigenvalue weighted by Crippen LogP contribution is 2.22. The number of nitrogens with zero attached hydrogens (tertiary/aromatic N) is 2. The van der Waals surface area contributed by atoms with E-state index in [2.05, 4.69) is 37.6 Å². The largest absolute Gasteiger partial charge is 0.331 e. The van der Waals surface area contributed by atoms with Crippen LogP contribution in [-0.2, 0) is 7.05 Å². The molecule has 0 aliphatic rings. The fraction of sp³-hybridized carbons (Fsp3) is 0.182. The van der Waals surface area contributed by atoms with Crippen molar-refractivity contribution in [3.8, 4) is 11.3 Å². The van der Waals surface area contributed by atoms with Crippen LogP contribution in [0.2, 0.25) is 0 Å². The normalized spacial score (nSPS) is 10.5. The van der Waals surface area contributed by atoms with Crippen molar-refractivity contribution in [1.82, 2.24) is 9.55 Å². The third kappa shape index (κ3) is 1.60. The molecule has 0 aliphatic heterocycles. The molecular weight excluding hydrogens is 240 g/mol. The molecule has 0 spiro atoms. The second kappa shape index (κ2) is 3.58. The Bertz CT molecular complexity index is 460. The van der Waals surface area contributed by atoms with E-state index in [4.69, 9.17) is 0 Å². The van der Waals surface area contributed by atoms with Gasteiger partial charge in [-0.1, -0.05) is 28.1 Å². The second-order valence-electron chi connectivity index (χ2n) is 3.26. The number of halogens is 1. The van der Waals surface area contributed by atoms with Gasteiger partial charge in [-0.15, -0.1) is 0 Å². The van der Waals surface area contributed by atoms with E-state index in [1.807, 2.05) is 32.3 Å². The van der Waals surface area contributed by atoms with Gasteiger partial charge in [-0.3, -0.25) is 0 Å². The van der Waals surface area contributed by atoms with E-state index in [9.17, 15) is 0 Å². The third-order valence-corrected chi connectivity index (χ3v) is 2.83. The molecule has 0 unspecified atom stereocenters. The van der Waals surface area contributed by atoms with Gasteiger partial charge in [0.05, 0.1) is 11.9 Å². The van der Waals surface area contributed by atoms with Gasteiger partial charge in [-0.2, -0.15) is 0 Å². The van der Waals surface area contributed by atoms with Gasteiger partial charge in [-0.05, 0) is 19.1 Å². The average molecular weight is 251 g/mol. The van der Waals surface area contributed by atoms with Crippen molar-refractivity contribution in [2.45, 2.75) is 6.92 Å². The predicted molar refractivity (Wildman–Crippen MR) is 61.1 cm³/mol. The van der Waals surface area contributed by atoms with Crippen LogP contribution < -0.4 is 0 Å². The highest BCUT2D eigenvalue weighted by molar-refractivity contribution is 9.10. The number of hydrogen-bond acceptors (Lipinski definition) is 1. The Kier molecular flexibility index (Phi) is 2.42. The summed E-state index contributed by atoms with van der Waals surface area (Å²) in [6.45, 7) is 2.00. The summed E-state index contributed by atoms with van der Waals surface area (Å²) in [7, 11) is 2.03. The van der Waals surface area contributed by atoms with Crippen LogP contribution >= 0.6 is 15.9 Å². The molecule has 2 nitrogen and oxygen atoms in total. The van der Waals surface area contributed by atoms with Crippen molar-refractivity contribution in [3.05, 3.63) is 40.8 Å². The smallest absolute Gasteiger partial charge is 0.105 e. The second-order valence-corrected chi connectivity index (χ2v) is 4.18. The number of rotatable bonds is 1. The standard InChI is InChI=1S/C11H11BrN2/c1-8-13-7-11(14(8)2)9-4-3-5-10(12)6-9/h3-7H,1-2H3. The van der Waals surface area contributed by atoms with Crippen LogP contribution in [0.1, 0.15) is 5.82 Å². The van der Waals surface area contributed by atoms with Crippen LogP contribution in [0.25, 0.3) is 11.3 Å². The van der Waals surface area contributed by atoms with Crippen LogP contribution in [0.15, 0.2) is 34.9 Å². The van der Waals surface area contributed by atoms with Gasteiger partial charge < -0.3 is 4.57 Å². The highest BCUT2D eigenvalue weighted by Gasteiger charge is 2.04. The Morgan fingerprint density at radius 3 is 2.71 bits per heavy atom. The van der Waals surface area contributed by atoms with Crippen molar-refractivity contribution in [3.63, 3.8) is 0 Å². The van der Waals surface area contributed by atoms with E-state index in [0.29, 0.717) is 0 Å². The van der Waals surface area contributed by atoms with E-state index < -0.39 is 0 Å². The molecule has 0 saturated carbocycles. The van der Waals surface area contributed by atoms with Gasteiger partial charge in [-0.25, -0.2) is 4.98 Å². The van der Waals surface area contributed by atoms with Gasteiger partial charge in [0.1, 0.15) is 5.82 Å². The SMILES string of the molecule is Cc1ncc(-c2cccc(Br)c2)n1C. The van der Waals surface area contributed by atoms with Gasteiger partial charge in [0.2, 0.25) is 0 Å². The maximum absolute atomic E-state index is 4.27. The third-order valence-electron chi connectivity index (χ3n) is 2.34. The molecule has 0 saturated heterocycles. The minimum Gasteiger partial charge on any atom is -0.331 e. The summed E-state index contributed by atoms with van der Waals surface area (Å²) in [4.78, 5) is 4.27. The first-order valence-corrected chi connectivity index (χ1v) is 5.22. The summed E-state index contributed by atoms with van der Waals surface area (Å²) in [6, 6.07) is 8.23. The lowest BCUT2D eigenvalue weighted by Gasteiger charge is -2.03. The number of hydrogen-bond donors (Lipinski definition) is 0. The zero-order valence-electron chi connectivity index (χ0n) is 8.16. The van der Waals surface area contributed by atoms with Crippen LogP contribution in [-0.4, -0.2) is 9.55 Å². The van der Waals surface area contributed by atoms with Crippen molar-refractivity contribution in [1.29, 1.82) is 0 Å². The molecule has 0 radical (unpaired) electrons. The minimum absolute atomic E-state index is 1.03. The Morgan fingerprint density at radius 1 is 1.36 bits per heavy atom. The molecule has 0 bridgehead atoms. The molecule has 1 heterocycles. The van der Waals surface area contributed by atoms with E-state index in [0.717, 1.165) is 16.0 Å². The maximum Gasteiger partial charge on any atom is 0.105 e. The highest BCUT2D eigenvalue weighted by atomic mass is 79.9. The number of aromatic nitrogens is 2. The fourth-order valence-corrected chi connectivity index (χ4v) is 1.82. The van der Waals surface area contributed by atoms with Gasteiger partial charge in [0.15, 0.2) is 0 Å². The quantitative estimate of drug-likeness (QED) is 0.761. The first-order valence-electron chi connectivity index (χ1n) is 4.43. The van der Waals surface area contributed by atoms with Crippen LogP contribution in [0.5, 0.6) is 0 Å². The predicted octanol–water partition coefficient (Wildman–Crippen LogP) is 3.16. The molecule has 0 amide bonds. The minimum atomic E-state index is 1.03. The number of imidazole rings is 1. The van der Waals surface area contributed by atoms with Gasteiger partial charge >= 0.3 is 0 Å². The Balaban J connectivity index is 2.55. The van der Waals surface area contributed by atoms with Crippen LogP contribution in [0, 0.1) is 6.92 Å². The first-order chi connectivity index (χ1) is 6.68. The summed E-state index contributed by atoms with van der Waals surface area (Å²) in [5.74, 6) is 1.03. The molecule has 0 atom stereocenters. The Hall–Kier alpha value is -1.09. The zero-order valence-corrected chi connectivity index (χ0v) is 9.75. The molecular formula is C11H11BrN2. The fourth-order valence-electron chi connectivity index (χ4n) is 1.42. The number of benzene rings is 1. The Morgan fingerprint density at radius 2 is 2.14 bits per heavy atom. The van der Waals surface area contributed by atoms with Gasteiger partial charge in [0.25, 0.3) is 0 Å². The van der Waals surface area contributed by atoms with E-state index in [1.54, 1.807) is 0 Å². The van der Waals surface area contributed by atoms with Crippen LogP contribution in [0.4, 0.5) is 0 Å². The van der Waals surface area contributed by atoms with Crippen molar-refractivity contribution in [2.24, 2.45) is 7.05 Å². The van der Waals surface area contributed by atoms with Gasteiger partial charge in [0, 0.05) is 17.1 Å². The molecule has 0 N–H and O–H groups in total. The average Bonchev–Trinajstić information content (AvgIpc) is 2.48. The van der Waals surface area contributed by atoms with E-state index in [-0.39, 0.29) is 0 Å². The topological polar surface area (TPSA) is 17.8 Å². The zero-order chi connectivity index (χ0) is 10.1. The molecule has 1 aromatic heterocycles. The molecule has 3 heteroatoms. The maximum atomic E-state index is 4.27. The van der Waals surface area contributed by atoms with E-state index >= 15 is 0 Å². The Labute approximate surface area is 91.7 Å². The summed E-state index contributed by atoms with van der Waals surface area (Å²) in [5, 5.41) is 0. The summed E-state index contributed by atoms with van der Waals surface area (Å²) in [6.07, 6.45) is 1.90.